The Morgan fingerprint density at radius 1 is 1.32 bits per heavy atom. The Morgan fingerprint density at radius 3 is 3.00 bits per heavy atom. The first-order chi connectivity index (χ1) is 15.0. The zero-order chi connectivity index (χ0) is 21.5. The number of likely N-dealkylation sites (N-methyl/N-ethyl adjacent to an activating group) is 1. The van der Waals surface area contributed by atoms with Gasteiger partial charge in [-0.05, 0) is 32.0 Å². The Hall–Kier alpha value is -2.75. The molecule has 0 spiro atoms. The van der Waals surface area contributed by atoms with Crippen LogP contribution in [0.1, 0.15) is 30.1 Å². The summed E-state index contributed by atoms with van der Waals surface area (Å²) < 4.78 is 22.0. The van der Waals surface area contributed by atoms with Gasteiger partial charge in [0.25, 0.3) is 0 Å². The molecule has 0 amide bonds. The van der Waals surface area contributed by atoms with Gasteiger partial charge in [-0.15, -0.1) is 11.3 Å². The van der Waals surface area contributed by atoms with Crippen molar-refractivity contribution < 1.29 is 14.2 Å². The average Bonchev–Trinajstić information content (AvgIpc) is 3.45. The number of thiophene rings is 1. The summed E-state index contributed by atoms with van der Waals surface area (Å²) in [5, 5.41) is 14.6. The maximum atomic E-state index is 14.3. The predicted molar refractivity (Wildman–Crippen MR) is 119 cm³/mol. The Kier molecular flexibility index (Phi) is 5.25. The van der Waals surface area contributed by atoms with E-state index in [1.54, 1.807) is 16.8 Å². The van der Waals surface area contributed by atoms with E-state index in [0.717, 1.165) is 42.0 Å². The second kappa shape index (κ2) is 8.07. The highest BCUT2D eigenvalue weighted by Gasteiger charge is 2.23. The van der Waals surface area contributed by atoms with E-state index in [1.807, 2.05) is 25.1 Å². The van der Waals surface area contributed by atoms with Gasteiger partial charge in [0.1, 0.15) is 10.9 Å². The lowest BCUT2D eigenvalue weighted by atomic mass is 10.3. The third kappa shape index (κ3) is 4.08. The fraction of sp³-hybridized carbons (Fsp3) is 0.364. The van der Waals surface area contributed by atoms with Gasteiger partial charge in [-0.25, -0.2) is 14.4 Å². The summed E-state index contributed by atoms with van der Waals surface area (Å²) in [7, 11) is 0. The number of aliphatic hydroxyl groups is 1. The number of rotatable bonds is 6. The number of hydrogen-bond donors (Lipinski definition) is 2. The number of ether oxygens (including phenoxy) is 1. The Bertz CT molecular complexity index is 1240. The van der Waals surface area contributed by atoms with Crippen molar-refractivity contribution in [3.63, 3.8) is 0 Å². The lowest BCUT2D eigenvalue weighted by Crippen LogP contribution is -2.24. The molecule has 31 heavy (non-hydrogen) atoms. The second-order valence-corrected chi connectivity index (χ2v) is 8.91. The van der Waals surface area contributed by atoms with E-state index in [1.165, 1.54) is 17.4 Å². The van der Waals surface area contributed by atoms with E-state index in [9.17, 15) is 9.50 Å². The minimum atomic E-state index is -0.988. The van der Waals surface area contributed by atoms with Crippen molar-refractivity contribution in [1.29, 1.82) is 0 Å². The largest absolute Gasteiger partial charge is 0.473 e. The highest BCUT2D eigenvalue weighted by Crippen LogP contribution is 2.31. The number of hydrogen-bond acceptors (Lipinski definition) is 7. The van der Waals surface area contributed by atoms with Gasteiger partial charge in [-0.1, -0.05) is 6.92 Å². The van der Waals surface area contributed by atoms with E-state index in [4.69, 9.17) is 4.74 Å². The van der Waals surface area contributed by atoms with Crippen LogP contribution in [0.3, 0.4) is 0 Å². The van der Waals surface area contributed by atoms with Crippen LogP contribution in [-0.4, -0.2) is 50.1 Å². The van der Waals surface area contributed by atoms with Crippen LogP contribution in [0.25, 0.3) is 15.9 Å². The molecule has 0 saturated carbocycles. The van der Waals surface area contributed by atoms with Gasteiger partial charge >= 0.3 is 0 Å². The minimum absolute atomic E-state index is 0.160. The SMILES string of the molecule is CCN1CCC(Oc2ccc3cc(C(O)Nc4cc(F)c5nc(C)cn5c4)sc3n2)C1. The molecular weight excluding hydrogens is 417 g/mol. The zero-order valence-corrected chi connectivity index (χ0v) is 18.2. The molecule has 5 rings (SSSR count). The maximum absolute atomic E-state index is 14.3. The van der Waals surface area contributed by atoms with Crippen molar-refractivity contribution >= 4 is 32.9 Å². The molecule has 4 aromatic rings. The van der Waals surface area contributed by atoms with Crippen molar-refractivity contribution in [3.05, 3.63) is 53.0 Å². The van der Waals surface area contributed by atoms with Crippen molar-refractivity contribution in [2.75, 3.05) is 25.0 Å². The second-order valence-electron chi connectivity index (χ2n) is 7.85. The summed E-state index contributed by atoms with van der Waals surface area (Å²) in [4.78, 5) is 12.6. The molecule has 1 aliphatic heterocycles. The number of halogens is 1. The summed E-state index contributed by atoms with van der Waals surface area (Å²) in [6.07, 6.45) is 3.63. The number of aliphatic hydroxyl groups excluding tert-OH is 1. The van der Waals surface area contributed by atoms with Crippen LogP contribution in [0.5, 0.6) is 5.88 Å². The monoisotopic (exact) mass is 441 g/mol. The quantitative estimate of drug-likeness (QED) is 0.441. The number of anilines is 1. The van der Waals surface area contributed by atoms with Crippen molar-refractivity contribution in [1.82, 2.24) is 19.3 Å². The number of imidazole rings is 1. The van der Waals surface area contributed by atoms with Gasteiger partial charge in [0.2, 0.25) is 5.88 Å². The van der Waals surface area contributed by atoms with Gasteiger partial charge in [-0.3, -0.25) is 4.90 Å². The molecule has 162 valence electrons. The molecule has 0 radical (unpaired) electrons. The Balaban J connectivity index is 1.33. The summed E-state index contributed by atoms with van der Waals surface area (Å²) >= 11 is 1.39. The third-order valence-electron chi connectivity index (χ3n) is 5.54. The van der Waals surface area contributed by atoms with E-state index in [2.05, 4.69) is 27.1 Å². The molecule has 2 atom stereocenters. The lowest BCUT2D eigenvalue weighted by molar-refractivity contribution is 0.195. The van der Waals surface area contributed by atoms with E-state index in [-0.39, 0.29) is 11.8 Å². The average molecular weight is 442 g/mol. The van der Waals surface area contributed by atoms with Crippen molar-refractivity contribution in [3.8, 4) is 5.88 Å². The molecule has 2 unspecified atom stereocenters. The van der Waals surface area contributed by atoms with Gasteiger partial charge in [0.05, 0.1) is 16.3 Å². The highest BCUT2D eigenvalue weighted by atomic mass is 32.1. The molecule has 5 heterocycles. The molecule has 1 fully saturated rings. The van der Waals surface area contributed by atoms with Crippen LogP contribution >= 0.6 is 11.3 Å². The van der Waals surface area contributed by atoms with Crippen molar-refractivity contribution in [2.24, 2.45) is 0 Å². The number of aryl methyl sites for hydroxylation is 1. The summed E-state index contributed by atoms with van der Waals surface area (Å²) in [5.41, 5.74) is 1.46. The van der Waals surface area contributed by atoms with E-state index < -0.39 is 12.0 Å². The molecule has 1 aliphatic rings. The minimum Gasteiger partial charge on any atom is -0.473 e. The topological polar surface area (TPSA) is 74.9 Å². The fourth-order valence-corrected chi connectivity index (χ4v) is 4.92. The van der Waals surface area contributed by atoms with Crippen LogP contribution in [0.4, 0.5) is 10.1 Å². The van der Waals surface area contributed by atoms with Crippen LogP contribution in [-0.2, 0) is 0 Å². The van der Waals surface area contributed by atoms with Gasteiger partial charge < -0.3 is 19.6 Å². The molecule has 4 aromatic heterocycles. The molecule has 9 heteroatoms. The number of aromatic nitrogens is 3. The predicted octanol–water partition coefficient (Wildman–Crippen LogP) is 3.97. The molecule has 0 aromatic carbocycles. The Morgan fingerprint density at radius 2 is 2.19 bits per heavy atom. The number of likely N-dealkylation sites (tertiary alicyclic amines) is 1. The first kappa shape index (κ1) is 20.2. The van der Waals surface area contributed by atoms with Crippen LogP contribution in [0, 0.1) is 12.7 Å². The van der Waals surface area contributed by atoms with Crippen LogP contribution in [0.15, 0.2) is 36.7 Å². The summed E-state index contributed by atoms with van der Waals surface area (Å²) in [6, 6.07) is 7.05. The number of pyridine rings is 2. The first-order valence-corrected chi connectivity index (χ1v) is 11.2. The molecule has 1 saturated heterocycles. The smallest absolute Gasteiger partial charge is 0.214 e. The normalized spacial score (nSPS) is 18.1. The number of nitrogens with one attached hydrogen (secondary N) is 1. The van der Waals surface area contributed by atoms with Gasteiger partial charge in [0, 0.05) is 43.0 Å². The number of fused-ring (bicyclic) bond motifs is 2. The fourth-order valence-electron chi connectivity index (χ4n) is 3.96. The van der Waals surface area contributed by atoms with Crippen molar-refractivity contribution in [2.45, 2.75) is 32.6 Å². The lowest BCUT2D eigenvalue weighted by Gasteiger charge is -2.14. The first-order valence-electron chi connectivity index (χ1n) is 10.4. The molecule has 0 bridgehead atoms. The molecule has 7 nitrogen and oxygen atoms in total. The van der Waals surface area contributed by atoms with Crippen LogP contribution in [0.2, 0.25) is 0 Å². The van der Waals surface area contributed by atoms with Gasteiger partial charge in [0.15, 0.2) is 17.7 Å². The molecular formula is C22H24FN5O2S. The summed E-state index contributed by atoms with van der Waals surface area (Å²) in [6.45, 7) is 6.97. The molecule has 0 aliphatic carbocycles. The van der Waals surface area contributed by atoms with Gasteiger partial charge in [-0.2, -0.15) is 0 Å². The third-order valence-corrected chi connectivity index (χ3v) is 6.64. The van der Waals surface area contributed by atoms with Crippen LogP contribution < -0.4 is 10.1 Å². The number of nitrogens with zero attached hydrogens (tertiary/aromatic N) is 4. The summed E-state index contributed by atoms with van der Waals surface area (Å²) in [5.74, 6) is 0.160. The van der Waals surface area contributed by atoms with E-state index in [0.29, 0.717) is 16.4 Å². The molecule has 2 N–H and O–H groups in total. The highest BCUT2D eigenvalue weighted by molar-refractivity contribution is 7.18. The maximum Gasteiger partial charge on any atom is 0.214 e. The zero-order valence-electron chi connectivity index (χ0n) is 17.4. The van der Waals surface area contributed by atoms with E-state index >= 15 is 0 Å². The Labute approximate surface area is 183 Å². The standard InChI is InChI=1S/C22H24FN5O2S/c1-3-27-7-6-16(12-27)30-19-5-4-14-8-18(31-22(14)26-19)21(29)25-15-9-17(23)20-24-13(2)10-28(20)11-15/h4-5,8-11,16,21,25,29H,3,6-7,12H2,1-2H3.